The summed E-state index contributed by atoms with van der Waals surface area (Å²) in [4.78, 5) is 12.5. The molecule has 3 aromatic rings. The molecule has 2 aromatic heterocycles. The number of carbonyl (C=O) groups is 1. The molecular weight excluding hydrogens is 420 g/mol. The Balaban J connectivity index is 1.62. The predicted octanol–water partition coefficient (Wildman–Crippen LogP) is 2.45. The van der Waals surface area contributed by atoms with Crippen LogP contribution in [0.1, 0.15) is 16.1 Å². The number of carbonyl (C=O) groups excluding carboxylic acids is 1. The summed E-state index contributed by atoms with van der Waals surface area (Å²) in [6, 6.07) is 12.9. The third kappa shape index (κ3) is 5.09. The second kappa shape index (κ2) is 8.87. The maximum atomic E-state index is 12.5. The number of para-hydroxylation sites is 1. The Labute approximate surface area is 171 Å². The number of hydrogen-bond acceptors (Lipinski definition) is 6. The van der Waals surface area contributed by atoms with Crippen molar-refractivity contribution in [2.75, 3.05) is 4.72 Å². The largest absolute Gasteiger partial charge is 0.467 e. The number of benzene rings is 1. The van der Waals surface area contributed by atoms with Crippen LogP contribution in [0.15, 0.2) is 68.8 Å². The van der Waals surface area contributed by atoms with E-state index in [1.807, 2.05) is 0 Å². The lowest BCUT2D eigenvalue weighted by Gasteiger charge is -2.14. The van der Waals surface area contributed by atoms with Gasteiger partial charge in [0.2, 0.25) is 0 Å². The molecule has 0 fully saturated rings. The summed E-state index contributed by atoms with van der Waals surface area (Å²) in [5.74, 6) is 0.135. The van der Waals surface area contributed by atoms with Crippen LogP contribution in [0.2, 0.25) is 0 Å². The Kier molecular flexibility index (Phi) is 6.29. The van der Waals surface area contributed by atoms with Crippen LogP contribution in [0.5, 0.6) is 0 Å². The first-order chi connectivity index (χ1) is 13.5. The number of hydrogen-bond donors (Lipinski definition) is 4. The average Bonchev–Trinajstić information content (AvgIpc) is 3.38. The van der Waals surface area contributed by atoms with Crippen LogP contribution in [-0.4, -0.2) is 19.4 Å². The molecule has 0 aliphatic heterocycles. The smallest absolute Gasteiger partial charge is 0.271 e. The van der Waals surface area contributed by atoms with Crippen molar-refractivity contribution in [3.8, 4) is 0 Å². The van der Waals surface area contributed by atoms with E-state index in [2.05, 4.69) is 20.9 Å². The van der Waals surface area contributed by atoms with E-state index < -0.39 is 15.9 Å². The topological polar surface area (TPSA) is 112 Å². The summed E-state index contributed by atoms with van der Waals surface area (Å²) in [5, 5.41) is 4.71. The van der Waals surface area contributed by atoms with Gasteiger partial charge in [-0.2, -0.15) is 0 Å². The van der Waals surface area contributed by atoms with E-state index in [4.69, 9.17) is 16.6 Å². The summed E-state index contributed by atoms with van der Waals surface area (Å²) < 4.78 is 32.6. The van der Waals surface area contributed by atoms with Crippen LogP contribution >= 0.6 is 23.6 Å². The van der Waals surface area contributed by atoms with Crippen LogP contribution in [0.4, 0.5) is 5.69 Å². The summed E-state index contributed by atoms with van der Waals surface area (Å²) in [6.07, 6.45) is 1.55. The third-order valence-electron chi connectivity index (χ3n) is 3.47. The molecule has 1 aromatic carbocycles. The van der Waals surface area contributed by atoms with Gasteiger partial charge >= 0.3 is 0 Å². The lowest BCUT2D eigenvalue weighted by atomic mass is 10.2. The quantitative estimate of drug-likeness (QED) is 0.347. The van der Waals surface area contributed by atoms with E-state index in [-0.39, 0.29) is 20.6 Å². The Hall–Kier alpha value is -2.89. The highest BCUT2D eigenvalue weighted by molar-refractivity contribution is 7.94. The summed E-state index contributed by atoms with van der Waals surface area (Å²) in [7, 11) is -3.77. The second-order valence-corrected chi connectivity index (χ2v) is 8.69. The van der Waals surface area contributed by atoms with E-state index in [1.165, 1.54) is 18.2 Å². The van der Waals surface area contributed by atoms with Crippen LogP contribution in [0.25, 0.3) is 0 Å². The zero-order chi connectivity index (χ0) is 20.0. The van der Waals surface area contributed by atoms with Gasteiger partial charge in [-0.25, -0.2) is 8.42 Å². The molecule has 11 heteroatoms. The molecule has 0 radical (unpaired) electrons. The van der Waals surface area contributed by atoms with E-state index in [0.717, 1.165) is 11.3 Å². The molecule has 2 heterocycles. The van der Waals surface area contributed by atoms with Crippen molar-refractivity contribution in [1.82, 2.24) is 16.2 Å². The van der Waals surface area contributed by atoms with Crippen LogP contribution in [0, 0.1) is 0 Å². The maximum absolute atomic E-state index is 12.5. The molecule has 146 valence electrons. The van der Waals surface area contributed by atoms with Crippen molar-refractivity contribution in [2.45, 2.75) is 10.8 Å². The molecule has 0 saturated carbocycles. The minimum Gasteiger partial charge on any atom is -0.467 e. The average molecular weight is 437 g/mol. The summed E-state index contributed by atoms with van der Waals surface area (Å²) in [5.41, 5.74) is 5.30. The monoisotopic (exact) mass is 436 g/mol. The number of furan rings is 1. The van der Waals surface area contributed by atoms with Crippen molar-refractivity contribution in [3.05, 3.63) is 71.5 Å². The first kappa shape index (κ1) is 19.9. The highest BCUT2D eigenvalue weighted by Crippen LogP contribution is 2.22. The number of amides is 1. The molecule has 3 rings (SSSR count). The number of anilines is 1. The van der Waals surface area contributed by atoms with Gasteiger partial charge in [-0.15, -0.1) is 11.3 Å². The zero-order valence-electron chi connectivity index (χ0n) is 14.3. The first-order valence-electron chi connectivity index (χ1n) is 7.97. The van der Waals surface area contributed by atoms with E-state index in [0.29, 0.717) is 12.3 Å². The molecular formula is C17H16N4O4S3. The molecule has 1 amide bonds. The normalized spacial score (nSPS) is 10.9. The molecule has 0 saturated heterocycles. The van der Waals surface area contributed by atoms with Gasteiger partial charge in [-0.1, -0.05) is 18.2 Å². The highest BCUT2D eigenvalue weighted by Gasteiger charge is 2.19. The Morgan fingerprint density at radius 2 is 1.89 bits per heavy atom. The molecule has 0 aliphatic carbocycles. The fraction of sp³-hybridized carbons (Fsp3) is 0.0588. The van der Waals surface area contributed by atoms with Gasteiger partial charge in [0.25, 0.3) is 15.9 Å². The van der Waals surface area contributed by atoms with E-state index in [9.17, 15) is 13.2 Å². The van der Waals surface area contributed by atoms with Crippen molar-refractivity contribution < 1.29 is 17.6 Å². The van der Waals surface area contributed by atoms with Crippen LogP contribution in [0.3, 0.4) is 0 Å². The van der Waals surface area contributed by atoms with Gasteiger partial charge < -0.3 is 9.73 Å². The van der Waals surface area contributed by atoms with Gasteiger partial charge in [0.15, 0.2) is 5.11 Å². The molecule has 0 unspecified atom stereocenters. The molecule has 0 atom stereocenters. The number of nitrogens with one attached hydrogen (secondary N) is 4. The van der Waals surface area contributed by atoms with Crippen LogP contribution < -0.4 is 20.9 Å². The highest BCUT2D eigenvalue weighted by atomic mass is 32.2. The molecule has 0 spiro atoms. The van der Waals surface area contributed by atoms with Gasteiger partial charge in [0.05, 0.1) is 24.1 Å². The number of sulfonamides is 1. The zero-order valence-corrected chi connectivity index (χ0v) is 16.8. The van der Waals surface area contributed by atoms with Gasteiger partial charge in [0, 0.05) is 0 Å². The predicted molar refractivity (Wildman–Crippen MR) is 110 cm³/mol. The standard InChI is InChI=1S/C17H16N4O4S3/c22-16(19-20-17(26)18-11-12-5-3-9-25-12)13-6-1-2-7-14(13)21-28(23,24)15-8-4-10-27-15/h1-10,21H,11H2,(H,19,22)(H2,18,20,26). The van der Waals surface area contributed by atoms with E-state index in [1.54, 1.807) is 42.0 Å². The minimum atomic E-state index is -3.77. The summed E-state index contributed by atoms with van der Waals surface area (Å²) >= 11 is 6.17. The summed E-state index contributed by atoms with van der Waals surface area (Å²) in [6.45, 7) is 0.353. The Bertz CT molecular complexity index is 1050. The number of rotatable bonds is 6. The molecule has 8 nitrogen and oxygen atoms in total. The van der Waals surface area contributed by atoms with Crippen molar-refractivity contribution in [1.29, 1.82) is 0 Å². The minimum absolute atomic E-state index is 0.143. The van der Waals surface area contributed by atoms with Gasteiger partial charge in [-0.3, -0.25) is 20.4 Å². The molecule has 0 bridgehead atoms. The fourth-order valence-corrected chi connectivity index (χ4v) is 4.38. The van der Waals surface area contributed by atoms with Crippen molar-refractivity contribution in [2.24, 2.45) is 0 Å². The maximum Gasteiger partial charge on any atom is 0.271 e. The number of hydrazine groups is 1. The van der Waals surface area contributed by atoms with Crippen LogP contribution in [-0.2, 0) is 16.6 Å². The molecule has 28 heavy (non-hydrogen) atoms. The lowest BCUT2D eigenvalue weighted by molar-refractivity contribution is 0.0944. The first-order valence-corrected chi connectivity index (χ1v) is 10.7. The second-order valence-electron chi connectivity index (χ2n) is 5.42. The third-order valence-corrected chi connectivity index (χ3v) is 6.48. The SMILES string of the molecule is O=C(NNC(=S)NCc1ccco1)c1ccccc1NS(=O)(=O)c1cccs1. The molecule has 4 N–H and O–H groups in total. The van der Waals surface area contributed by atoms with Crippen molar-refractivity contribution in [3.63, 3.8) is 0 Å². The Morgan fingerprint density at radius 3 is 2.61 bits per heavy atom. The Morgan fingerprint density at radius 1 is 1.07 bits per heavy atom. The van der Waals surface area contributed by atoms with Gasteiger partial charge in [0.1, 0.15) is 9.97 Å². The van der Waals surface area contributed by atoms with Gasteiger partial charge in [-0.05, 0) is 47.9 Å². The van der Waals surface area contributed by atoms with E-state index >= 15 is 0 Å². The fourth-order valence-electron chi connectivity index (χ4n) is 2.19. The molecule has 0 aliphatic rings. The number of thiophene rings is 1. The number of thiocarbonyl (C=S) groups is 1. The van der Waals surface area contributed by atoms with Crippen molar-refractivity contribution >= 4 is 50.3 Å². The lowest BCUT2D eigenvalue weighted by Crippen LogP contribution is -2.46.